The Morgan fingerprint density at radius 1 is 1.19 bits per heavy atom. The Morgan fingerprint density at radius 3 is 2.71 bits per heavy atom. The average molecular weight is 344 g/mol. The number of H-pyrrole nitrogens is 1. The molecule has 0 bridgehead atoms. The van der Waals surface area contributed by atoms with Crippen LogP contribution in [0.25, 0.3) is 22.3 Å². The molecule has 0 unspecified atom stereocenters. The summed E-state index contributed by atoms with van der Waals surface area (Å²) in [5.74, 6) is 0.652. The first-order valence-electron chi connectivity index (χ1n) is 6.71. The van der Waals surface area contributed by atoms with Gasteiger partial charge in [0.2, 0.25) is 0 Å². The van der Waals surface area contributed by atoms with E-state index in [1.165, 1.54) is 0 Å². The van der Waals surface area contributed by atoms with Crippen molar-refractivity contribution in [2.45, 2.75) is 19.8 Å². The van der Waals surface area contributed by atoms with E-state index in [2.05, 4.69) is 30.9 Å². The van der Waals surface area contributed by atoms with Crippen LogP contribution in [-0.4, -0.2) is 15.0 Å². The number of hydrogen-bond donors (Lipinski definition) is 1. The van der Waals surface area contributed by atoms with Gasteiger partial charge in [-0.25, -0.2) is 4.98 Å². The fraction of sp³-hybridized carbons (Fsp3) is 0.188. The van der Waals surface area contributed by atoms with E-state index in [-0.39, 0.29) is 11.5 Å². The van der Waals surface area contributed by atoms with Crippen molar-refractivity contribution in [3.63, 3.8) is 0 Å². The smallest absolute Gasteiger partial charge is 0.265 e. The van der Waals surface area contributed by atoms with Gasteiger partial charge in [0.25, 0.3) is 5.56 Å². The maximum Gasteiger partial charge on any atom is 0.265 e. The number of hydrogen-bond acceptors (Lipinski definition) is 3. The summed E-state index contributed by atoms with van der Waals surface area (Å²) in [6, 6.07) is 9.87. The Morgan fingerprint density at radius 2 is 1.95 bits per heavy atom. The van der Waals surface area contributed by atoms with Crippen LogP contribution in [0.2, 0.25) is 0 Å². The van der Waals surface area contributed by atoms with Gasteiger partial charge in [-0.05, 0) is 33.3 Å². The number of fused-ring (bicyclic) bond motifs is 1. The molecule has 106 valence electrons. The highest BCUT2D eigenvalue weighted by molar-refractivity contribution is 9.10. The Labute approximate surface area is 130 Å². The Bertz CT molecular complexity index is 866. The van der Waals surface area contributed by atoms with Crippen LogP contribution in [0.1, 0.15) is 25.5 Å². The molecule has 0 fully saturated rings. The quantitative estimate of drug-likeness (QED) is 0.768. The van der Waals surface area contributed by atoms with E-state index in [1.54, 1.807) is 6.20 Å². The van der Waals surface area contributed by atoms with Crippen molar-refractivity contribution in [1.29, 1.82) is 0 Å². The highest BCUT2D eigenvalue weighted by atomic mass is 79.9. The summed E-state index contributed by atoms with van der Waals surface area (Å²) in [6.07, 6.45) is 1.73. The zero-order chi connectivity index (χ0) is 15.0. The molecular formula is C16H14BrN3O. The molecule has 5 heteroatoms. The summed E-state index contributed by atoms with van der Waals surface area (Å²) in [6.45, 7) is 4.01. The highest BCUT2D eigenvalue weighted by Crippen LogP contribution is 2.26. The lowest BCUT2D eigenvalue weighted by molar-refractivity contribution is 0.803. The molecule has 2 heterocycles. The molecule has 3 rings (SSSR count). The van der Waals surface area contributed by atoms with E-state index in [4.69, 9.17) is 0 Å². The molecule has 21 heavy (non-hydrogen) atoms. The van der Waals surface area contributed by atoms with Crippen LogP contribution in [-0.2, 0) is 0 Å². The third kappa shape index (κ3) is 2.49. The number of nitrogens with one attached hydrogen (secondary N) is 1. The van der Waals surface area contributed by atoms with E-state index < -0.39 is 0 Å². The number of rotatable bonds is 2. The van der Waals surface area contributed by atoms with Gasteiger partial charge in [0.1, 0.15) is 10.2 Å². The van der Waals surface area contributed by atoms with E-state index in [9.17, 15) is 4.79 Å². The van der Waals surface area contributed by atoms with Gasteiger partial charge in [0.05, 0.1) is 5.69 Å². The number of benzene rings is 1. The summed E-state index contributed by atoms with van der Waals surface area (Å²) in [4.78, 5) is 23.9. The van der Waals surface area contributed by atoms with Crippen molar-refractivity contribution in [2.24, 2.45) is 0 Å². The molecule has 0 saturated heterocycles. The normalized spacial score (nSPS) is 11.2. The van der Waals surface area contributed by atoms with Gasteiger partial charge >= 0.3 is 0 Å². The minimum atomic E-state index is -0.182. The van der Waals surface area contributed by atoms with Crippen LogP contribution in [0, 0.1) is 0 Å². The summed E-state index contributed by atoms with van der Waals surface area (Å²) >= 11 is 3.31. The first-order valence-corrected chi connectivity index (χ1v) is 7.51. The molecule has 1 aromatic carbocycles. The van der Waals surface area contributed by atoms with Gasteiger partial charge in [-0.1, -0.05) is 38.1 Å². The predicted molar refractivity (Wildman–Crippen MR) is 87.4 cm³/mol. The first-order chi connectivity index (χ1) is 10.1. The van der Waals surface area contributed by atoms with Crippen LogP contribution >= 0.6 is 15.9 Å². The van der Waals surface area contributed by atoms with Gasteiger partial charge in [-0.3, -0.25) is 9.78 Å². The molecule has 0 atom stereocenters. The van der Waals surface area contributed by atoms with Gasteiger partial charge in [-0.2, -0.15) is 0 Å². The topological polar surface area (TPSA) is 58.6 Å². The molecule has 1 N–H and O–H groups in total. The monoisotopic (exact) mass is 343 g/mol. The summed E-state index contributed by atoms with van der Waals surface area (Å²) in [5, 5.41) is 2.04. The molecule has 2 aromatic heterocycles. The van der Waals surface area contributed by atoms with Crippen LogP contribution in [0.15, 0.2) is 45.8 Å². The molecule has 0 amide bonds. The Hall–Kier alpha value is -2.01. The number of pyridine rings is 1. The summed E-state index contributed by atoms with van der Waals surface area (Å²) in [7, 11) is 0. The number of aromatic nitrogens is 3. The second-order valence-electron chi connectivity index (χ2n) is 5.15. The van der Waals surface area contributed by atoms with Crippen molar-refractivity contribution >= 4 is 26.7 Å². The largest absolute Gasteiger partial charge is 0.304 e. The van der Waals surface area contributed by atoms with Gasteiger partial charge in [0.15, 0.2) is 5.82 Å². The molecule has 3 aromatic rings. The lowest BCUT2D eigenvalue weighted by atomic mass is 10.1. The molecule has 0 saturated carbocycles. The maximum atomic E-state index is 12.1. The number of halogens is 1. The predicted octanol–water partition coefficient (Wildman–Crippen LogP) is 3.87. The van der Waals surface area contributed by atoms with E-state index in [1.807, 2.05) is 44.2 Å². The van der Waals surface area contributed by atoms with Gasteiger partial charge < -0.3 is 4.98 Å². The molecular weight excluding hydrogens is 330 g/mol. The fourth-order valence-electron chi connectivity index (χ4n) is 2.28. The SMILES string of the molecule is CC(C)c1nc(-c2nccc3ccccc23)[nH]c(=O)c1Br. The third-order valence-electron chi connectivity index (χ3n) is 3.33. The second kappa shape index (κ2) is 5.41. The fourth-order valence-corrected chi connectivity index (χ4v) is 2.92. The zero-order valence-electron chi connectivity index (χ0n) is 11.7. The molecule has 0 aliphatic rings. The summed E-state index contributed by atoms with van der Waals surface area (Å²) in [5.41, 5.74) is 1.25. The van der Waals surface area contributed by atoms with E-state index in [0.29, 0.717) is 16.0 Å². The zero-order valence-corrected chi connectivity index (χ0v) is 13.3. The first kappa shape index (κ1) is 13.9. The van der Waals surface area contributed by atoms with E-state index in [0.717, 1.165) is 16.5 Å². The summed E-state index contributed by atoms with van der Waals surface area (Å²) < 4.78 is 0.487. The van der Waals surface area contributed by atoms with Gasteiger partial charge in [-0.15, -0.1) is 0 Å². The second-order valence-corrected chi connectivity index (χ2v) is 5.94. The molecule has 0 aliphatic heterocycles. The minimum absolute atomic E-state index is 0.149. The Kier molecular flexibility index (Phi) is 3.59. The lowest BCUT2D eigenvalue weighted by Gasteiger charge is -2.10. The van der Waals surface area contributed by atoms with Crippen molar-refractivity contribution in [1.82, 2.24) is 15.0 Å². The van der Waals surface area contributed by atoms with E-state index >= 15 is 0 Å². The third-order valence-corrected chi connectivity index (χ3v) is 4.10. The van der Waals surface area contributed by atoms with Gasteiger partial charge in [0, 0.05) is 11.6 Å². The number of nitrogens with zero attached hydrogens (tertiary/aromatic N) is 2. The average Bonchev–Trinajstić information content (AvgIpc) is 2.49. The maximum absolute atomic E-state index is 12.1. The van der Waals surface area contributed by atoms with Crippen molar-refractivity contribution < 1.29 is 0 Å². The standard InChI is InChI=1S/C16H14BrN3O/c1-9(2)13-12(17)16(21)20-15(19-13)14-11-6-4-3-5-10(11)7-8-18-14/h3-9H,1-2H3,(H,19,20,21). The highest BCUT2D eigenvalue weighted by Gasteiger charge is 2.15. The molecule has 0 spiro atoms. The van der Waals surface area contributed by atoms with Crippen LogP contribution in [0.3, 0.4) is 0 Å². The van der Waals surface area contributed by atoms with Crippen LogP contribution in [0.5, 0.6) is 0 Å². The Balaban J connectivity index is 2.31. The van der Waals surface area contributed by atoms with Crippen molar-refractivity contribution in [3.05, 3.63) is 57.0 Å². The van der Waals surface area contributed by atoms with Crippen LogP contribution in [0.4, 0.5) is 0 Å². The lowest BCUT2D eigenvalue weighted by Crippen LogP contribution is -2.15. The van der Waals surface area contributed by atoms with Crippen molar-refractivity contribution in [3.8, 4) is 11.5 Å². The molecule has 0 radical (unpaired) electrons. The van der Waals surface area contributed by atoms with Crippen molar-refractivity contribution in [2.75, 3.05) is 0 Å². The number of aromatic amines is 1. The molecule has 4 nitrogen and oxygen atoms in total. The van der Waals surface area contributed by atoms with Crippen LogP contribution < -0.4 is 5.56 Å². The minimum Gasteiger partial charge on any atom is -0.304 e. The molecule has 0 aliphatic carbocycles.